The minimum Gasteiger partial charge on any atom is -0.409 e. The van der Waals surface area contributed by atoms with Crippen molar-refractivity contribution in [3.63, 3.8) is 0 Å². The first kappa shape index (κ1) is 14.3. The van der Waals surface area contributed by atoms with Gasteiger partial charge < -0.3 is 9.64 Å². The summed E-state index contributed by atoms with van der Waals surface area (Å²) in [4.78, 5) is 13.8. The number of ether oxygens (including phenoxy) is 1. The van der Waals surface area contributed by atoms with Crippen LogP contribution in [0.3, 0.4) is 0 Å². The van der Waals surface area contributed by atoms with Gasteiger partial charge in [0.1, 0.15) is 5.75 Å². The van der Waals surface area contributed by atoms with Gasteiger partial charge in [-0.15, -0.1) is 0 Å². The lowest BCUT2D eigenvalue weighted by Gasteiger charge is -2.29. The number of benzene rings is 1. The maximum absolute atomic E-state index is 12.0. The molecule has 0 aliphatic heterocycles. The van der Waals surface area contributed by atoms with E-state index in [-0.39, 0.29) is 18.2 Å². The summed E-state index contributed by atoms with van der Waals surface area (Å²) >= 11 is 2.16. The van der Waals surface area contributed by atoms with Crippen molar-refractivity contribution in [2.24, 2.45) is 0 Å². The molecular formula is C13H18INO2. The maximum Gasteiger partial charge on any atom is 0.415 e. The lowest BCUT2D eigenvalue weighted by Crippen LogP contribution is -2.43. The van der Waals surface area contributed by atoms with Crippen LogP contribution in [0, 0.1) is 3.57 Å². The fourth-order valence-corrected chi connectivity index (χ4v) is 2.19. The molecule has 0 unspecified atom stereocenters. The summed E-state index contributed by atoms with van der Waals surface area (Å²) in [6.45, 7) is 7.93. The van der Waals surface area contributed by atoms with Gasteiger partial charge in [0.2, 0.25) is 0 Å². The minimum absolute atomic E-state index is 0.129. The lowest BCUT2D eigenvalue weighted by atomic mass is 10.2. The summed E-state index contributed by atoms with van der Waals surface area (Å²) in [5.74, 6) is 0.615. The molecule has 0 saturated carbocycles. The number of rotatable bonds is 3. The van der Waals surface area contributed by atoms with Gasteiger partial charge in [-0.3, -0.25) is 0 Å². The van der Waals surface area contributed by atoms with Crippen LogP contribution in [0.25, 0.3) is 0 Å². The zero-order valence-electron chi connectivity index (χ0n) is 10.6. The standard InChI is InChI=1S/C13H18INO2/c1-9(2)15(10(3)4)13(16)17-12-8-6-5-7-11(12)14/h5-10H,1-4H3. The van der Waals surface area contributed by atoms with Gasteiger partial charge in [0.25, 0.3) is 0 Å². The van der Waals surface area contributed by atoms with E-state index in [0.29, 0.717) is 5.75 Å². The SMILES string of the molecule is CC(C)N(C(=O)Oc1ccccc1I)C(C)C. The van der Waals surface area contributed by atoms with E-state index in [2.05, 4.69) is 22.6 Å². The quantitative estimate of drug-likeness (QED) is 0.776. The highest BCUT2D eigenvalue weighted by molar-refractivity contribution is 14.1. The number of carbonyl (C=O) groups is 1. The Morgan fingerprint density at radius 3 is 2.18 bits per heavy atom. The Labute approximate surface area is 116 Å². The molecule has 0 fully saturated rings. The first-order valence-corrected chi connectivity index (χ1v) is 6.76. The third kappa shape index (κ3) is 3.87. The van der Waals surface area contributed by atoms with E-state index in [4.69, 9.17) is 4.74 Å². The third-order valence-electron chi connectivity index (χ3n) is 2.36. The molecule has 94 valence electrons. The predicted octanol–water partition coefficient (Wildman–Crippen LogP) is 3.91. The Hall–Kier alpha value is -0.780. The van der Waals surface area contributed by atoms with E-state index >= 15 is 0 Å². The predicted molar refractivity (Wildman–Crippen MR) is 77.3 cm³/mol. The molecule has 0 heterocycles. The van der Waals surface area contributed by atoms with Gasteiger partial charge in [-0.05, 0) is 62.4 Å². The van der Waals surface area contributed by atoms with Gasteiger partial charge >= 0.3 is 6.09 Å². The molecule has 1 amide bonds. The molecule has 0 aliphatic carbocycles. The van der Waals surface area contributed by atoms with Crippen molar-refractivity contribution in [3.05, 3.63) is 27.8 Å². The second-order valence-corrected chi connectivity index (χ2v) is 5.56. The van der Waals surface area contributed by atoms with Crippen molar-refractivity contribution in [2.45, 2.75) is 39.8 Å². The lowest BCUT2D eigenvalue weighted by molar-refractivity contribution is 0.122. The van der Waals surface area contributed by atoms with Crippen LogP contribution >= 0.6 is 22.6 Å². The van der Waals surface area contributed by atoms with E-state index < -0.39 is 0 Å². The molecule has 1 aromatic carbocycles. The molecule has 1 rings (SSSR count). The number of nitrogens with zero attached hydrogens (tertiary/aromatic N) is 1. The average molecular weight is 347 g/mol. The summed E-state index contributed by atoms with van der Waals surface area (Å²) in [6.07, 6.45) is -0.292. The summed E-state index contributed by atoms with van der Waals surface area (Å²) in [5.41, 5.74) is 0. The molecule has 0 saturated heterocycles. The van der Waals surface area contributed by atoms with Gasteiger partial charge in [-0.1, -0.05) is 12.1 Å². The number of halogens is 1. The molecule has 0 N–H and O–H groups in total. The molecule has 4 heteroatoms. The highest BCUT2D eigenvalue weighted by atomic mass is 127. The van der Waals surface area contributed by atoms with Crippen molar-refractivity contribution >= 4 is 28.7 Å². The highest BCUT2D eigenvalue weighted by Crippen LogP contribution is 2.21. The zero-order valence-corrected chi connectivity index (χ0v) is 12.8. The molecule has 0 bridgehead atoms. The Kier molecular flexibility index (Phi) is 5.24. The molecule has 0 spiro atoms. The summed E-state index contributed by atoms with van der Waals surface area (Å²) in [6, 6.07) is 7.76. The molecular weight excluding hydrogens is 329 g/mol. The van der Waals surface area contributed by atoms with Gasteiger partial charge in [-0.2, -0.15) is 0 Å². The van der Waals surface area contributed by atoms with Crippen molar-refractivity contribution in [3.8, 4) is 5.75 Å². The molecule has 1 aromatic rings. The largest absolute Gasteiger partial charge is 0.415 e. The van der Waals surface area contributed by atoms with Gasteiger partial charge in [0.15, 0.2) is 0 Å². The van der Waals surface area contributed by atoms with Crippen molar-refractivity contribution < 1.29 is 9.53 Å². The number of carbonyl (C=O) groups excluding carboxylic acids is 1. The molecule has 0 radical (unpaired) electrons. The fourth-order valence-electron chi connectivity index (χ4n) is 1.69. The van der Waals surface area contributed by atoms with E-state index in [0.717, 1.165) is 3.57 Å². The Bertz CT molecular complexity index is 383. The number of hydrogen-bond acceptors (Lipinski definition) is 2. The van der Waals surface area contributed by atoms with Crippen LogP contribution < -0.4 is 4.74 Å². The van der Waals surface area contributed by atoms with Crippen LogP contribution in [-0.2, 0) is 0 Å². The van der Waals surface area contributed by atoms with Gasteiger partial charge in [0, 0.05) is 12.1 Å². The number of para-hydroxylation sites is 1. The van der Waals surface area contributed by atoms with E-state index in [9.17, 15) is 4.79 Å². The second kappa shape index (κ2) is 6.23. The van der Waals surface area contributed by atoms with Crippen LogP contribution in [0.4, 0.5) is 4.79 Å². The van der Waals surface area contributed by atoms with Crippen molar-refractivity contribution in [2.75, 3.05) is 0 Å². The van der Waals surface area contributed by atoms with Crippen LogP contribution in [0.1, 0.15) is 27.7 Å². The topological polar surface area (TPSA) is 29.5 Å². The number of hydrogen-bond donors (Lipinski definition) is 0. The van der Waals surface area contributed by atoms with Crippen LogP contribution in [0.15, 0.2) is 24.3 Å². The Balaban J connectivity index is 2.81. The molecule has 3 nitrogen and oxygen atoms in total. The summed E-state index contributed by atoms with van der Waals surface area (Å²) < 4.78 is 6.35. The molecule has 0 aliphatic rings. The smallest absolute Gasteiger partial charge is 0.409 e. The van der Waals surface area contributed by atoms with E-state index in [1.54, 1.807) is 11.0 Å². The van der Waals surface area contributed by atoms with Gasteiger partial charge in [-0.25, -0.2) is 4.79 Å². The van der Waals surface area contributed by atoms with E-state index in [1.807, 2.05) is 45.9 Å². The van der Waals surface area contributed by atoms with Crippen molar-refractivity contribution in [1.29, 1.82) is 0 Å². The summed E-state index contributed by atoms with van der Waals surface area (Å²) in [7, 11) is 0. The zero-order chi connectivity index (χ0) is 13.0. The highest BCUT2D eigenvalue weighted by Gasteiger charge is 2.22. The molecule has 0 atom stereocenters. The Morgan fingerprint density at radius 1 is 1.18 bits per heavy atom. The normalized spacial score (nSPS) is 10.8. The average Bonchev–Trinajstić information content (AvgIpc) is 2.20. The van der Waals surface area contributed by atoms with Crippen LogP contribution in [0.2, 0.25) is 0 Å². The monoisotopic (exact) mass is 347 g/mol. The summed E-state index contributed by atoms with van der Waals surface area (Å²) in [5, 5.41) is 0. The fraction of sp³-hybridized carbons (Fsp3) is 0.462. The number of amides is 1. The van der Waals surface area contributed by atoms with Crippen LogP contribution in [0.5, 0.6) is 5.75 Å². The first-order chi connectivity index (χ1) is 7.93. The van der Waals surface area contributed by atoms with Crippen molar-refractivity contribution in [1.82, 2.24) is 4.90 Å². The molecule has 17 heavy (non-hydrogen) atoms. The van der Waals surface area contributed by atoms with Gasteiger partial charge in [0.05, 0.1) is 3.57 Å². The minimum atomic E-state index is -0.292. The van der Waals surface area contributed by atoms with Crippen LogP contribution in [-0.4, -0.2) is 23.1 Å². The Morgan fingerprint density at radius 2 is 1.71 bits per heavy atom. The first-order valence-electron chi connectivity index (χ1n) is 5.68. The third-order valence-corrected chi connectivity index (χ3v) is 3.25. The van der Waals surface area contributed by atoms with E-state index in [1.165, 1.54) is 0 Å². The molecule has 0 aromatic heterocycles. The second-order valence-electron chi connectivity index (χ2n) is 4.39. The maximum atomic E-state index is 12.0.